The zero-order valence-corrected chi connectivity index (χ0v) is 15.6. The third-order valence-corrected chi connectivity index (χ3v) is 4.10. The fourth-order valence-corrected chi connectivity index (χ4v) is 2.70. The van der Waals surface area contributed by atoms with Crippen molar-refractivity contribution in [3.8, 4) is 5.75 Å². The third kappa shape index (κ3) is 5.30. The van der Waals surface area contributed by atoms with Crippen LogP contribution in [0.1, 0.15) is 22.8 Å². The fraction of sp³-hybridized carbons (Fsp3) is 0.182. The Bertz CT molecular complexity index is 929. The number of amides is 1. The van der Waals surface area contributed by atoms with E-state index in [2.05, 4.69) is 15.6 Å². The second kappa shape index (κ2) is 9.50. The molecule has 0 saturated heterocycles. The Morgan fingerprint density at radius 3 is 2.64 bits per heavy atom. The fourth-order valence-electron chi connectivity index (χ4n) is 2.70. The van der Waals surface area contributed by atoms with E-state index in [0.29, 0.717) is 42.2 Å². The number of carbonyl (C=O) groups is 1. The molecule has 2 N–H and O–H groups in total. The van der Waals surface area contributed by atoms with Gasteiger partial charge in [-0.2, -0.15) is 0 Å². The molecule has 0 atom stereocenters. The Balaban J connectivity index is 1.57. The van der Waals surface area contributed by atoms with E-state index >= 15 is 0 Å². The summed E-state index contributed by atoms with van der Waals surface area (Å²) >= 11 is 0. The van der Waals surface area contributed by atoms with Crippen molar-refractivity contribution in [3.63, 3.8) is 0 Å². The first-order valence-electron chi connectivity index (χ1n) is 9.13. The molecular formula is C22H22FN3O2. The van der Waals surface area contributed by atoms with E-state index in [0.717, 1.165) is 5.75 Å². The highest BCUT2D eigenvalue weighted by Crippen LogP contribution is 2.17. The predicted octanol–water partition coefficient (Wildman–Crippen LogP) is 4.53. The van der Waals surface area contributed by atoms with Crippen molar-refractivity contribution in [2.75, 3.05) is 23.8 Å². The van der Waals surface area contributed by atoms with Crippen LogP contribution in [0.15, 0.2) is 66.9 Å². The van der Waals surface area contributed by atoms with E-state index in [1.54, 1.807) is 54.7 Å². The zero-order chi connectivity index (χ0) is 19.8. The molecule has 3 aromatic rings. The van der Waals surface area contributed by atoms with Gasteiger partial charge in [0.1, 0.15) is 17.4 Å². The van der Waals surface area contributed by atoms with Gasteiger partial charge in [0, 0.05) is 24.0 Å². The van der Waals surface area contributed by atoms with E-state index in [4.69, 9.17) is 4.74 Å². The summed E-state index contributed by atoms with van der Waals surface area (Å²) < 4.78 is 19.0. The highest BCUT2D eigenvalue weighted by Gasteiger charge is 2.08. The minimum atomic E-state index is -0.233. The van der Waals surface area contributed by atoms with Crippen LogP contribution in [-0.4, -0.2) is 24.0 Å². The van der Waals surface area contributed by atoms with E-state index in [1.165, 1.54) is 6.07 Å². The molecule has 5 nitrogen and oxygen atoms in total. The van der Waals surface area contributed by atoms with Crippen LogP contribution in [-0.2, 0) is 6.42 Å². The molecule has 1 amide bonds. The molecule has 1 aromatic heterocycles. The second-order valence-corrected chi connectivity index (χ2v) is 6.11. The van der Waals surface area contributed by atoms with Gasteiger partial charge < -0.3 is 15.4 Å². The van der Waals surface area contributed by atoms with Gasteiger partial charge in [0.25, 0.3) is 5.91 Å². The van der Waals surface area contributed by atoms with E-state index in [1.807, 2.05) is 13.0 Å². The van der Waals surface area contributed by atoms with Crippen LogP contribution < -0.4 is 15.4 Å². The molecule has 0 radical (unpaired) electrons. The molecule has 0 fully saturated rings. The van der Waals surface area contributed by atoms with Gasteiger partial charge in [0.05, 0.1) is 6.61 Å². The molecule has 0 bridgehead atoms. The minimum Gasteiger partial charge on any atom is -0.494 e. The molecule has 2 aromatic carbocycles. The van der Waals surface area contributed by atoms with Crippen molar-refractivity contribution in [2.45, 2.75) is 13.3 Å². The molecule has 144 valence electrons. The minimum absolute atomic E-state index is 0.222. The average molecular weight is 379 g/mol. The number of pyridine rings is 1. The molecule has 0 aliphatic heterocycles. The quantitative estimate of drug-likeness (QED) is 0.604. The summed E-state index contributed by atoms with van der Waals surface area (Å²) in [5, 5.41) is 5.97. The summed E-state index contributed by atoms with van der Waals surface area (Å²) in [5.41, 5.74) is 1.80. The number of hydrogen-bond acceptors (Lipinski definition) is 4. The smallest absolute Gasteiger partial charge is 0.255 e. The van der Waals surface area contributed by atoms with Crippen LogP contribution in [0.4, 0.5) is 15.9 Å². The predicted molar refractivity (Wildman–Crippen MR) is 108 cm³/mol. The number of hydrogen-bond donors (Lipinski definition) is 2. The van der Waals surface area contributed by atoms with E-state index < -0.39 is 0 Å². The van der Waals surface area contributed by atoms with Gasteiger partial charge in [-0.15, -0.1) is 0 Å². The summed E-state index contributed by atoms with van der Waals surface area (Å²) in [6.07, 6.45) is 2.09. The monoisotopic (exact) mass is 379 g/mol. The second-order valence-electron chi connectivity index (χ2n) is 6.11. The maximum atomic E-state index is 13.7. The van der Waals surface area contributed by atoms with Gasteiger partial charge in [0.2, 0.25) is 0 Å². The number of aromatic nitrogens is 1. The van der Waals surface area contributed by atoms with Gasteiger partial charge in [-0.05, 0) is 61.4 Å². The number of halogens is 1. The first-order chi connectivity index (χ1) is 13.7. The number of nitrogens with zero attached hydrogens (tertiary/aromatic N) is 1. The van der Waals surface area contributed by atoms with Crippen molar-refractivity contribution < 1.29 is 13.9 Å². The lowest BCUT2D eigenvalue weighted by atomic mass is 10.1. The van der Waals surface area contributed by atoms with Crippen LogP contribution in [0.2, 0.25) is 0 Å². The lowest BCUT2D eigenvalue weighted by molar-refractivity contribution is 0.102. The number of carbonyl (C=O) groups excluding carboxylic acids is 1. The van der Waals surface area contributed by atoms with Crippen molar-refractivity contribution in [3.05, 3.63) is 83.8 Å². The Morgan fingerprint density at radius 1 is 1.11 bits per heavy atom. The Morgan fingerprint density at radius 2 is 1.89 bits per heavy atom. The van der Waals surface area contributed by atoms with Crippen LogP contribution in [0, 0.1) is 5.82 Å². The van der Waals surface area contributed by atoms with E-state index in [9.17, 15) is 9.18 Å². The molecule has 1 heterocycles. The lowest BCUT2D eigenvalue weighted by Crippen LogP contribution is -2.13. The number of nitrogens with one attached hydrogen (secondary N) is 2. The Hall–Kier alpha value is -3.41. The molecule has 0 spiro atoms. The van der Waals surface area contributed by atoms with E-state index in [-0.39, 0.29) is 11.7 Å². The van der Waals surface area contributed by atoms with Gasteiger partial charge in [0.15, 0.2) is 0 Å². The van der Waals surface area contributed by atoms with Crippen LogP contribution in [0.25, 0.3) is 0 Å². The maximum absolute atomic E-state index is 13.7. The topological polar surface area (TPSA) is 63.2 Å². The van der Waals surface area contributed by atoms with Crippen molar-refractivity contribution in [1.82, 2.24) is 4.98 Å². The van der Waals surface area contributed by atoms with Gasteiger partial charge in [-0.3, -0.25) is 4.79 Å². The maximum Gasteiger partial charge on any atom is 0.255 e. The number of ether oxygens (including phenoxy) is 1. The molecule has 0 aliphatic carbocycles. The third-order valence-electron chi connectivity index (χ3n) is 4.10. The molecule has 0 saturated carbocycles. The molecular weight excluding hydrogens is 357 g/mol. The summed E-state index contributed by atoms with van der Waals surface area (Å²) in [6.45, 7) is 3.02. The Kier molecular flexibility index (Phi) is 6.57. The standard InChI is InChI=1S/C22H22FN3O2/c1-2-28-19-9-7-18(8-10-19)26-22(27)17-12-14-25-21(15-17)24-13-11-16-5-3-4-6-20(16)23/h3-10,12,14-15H,2,11,13H2,1H3,(H,24,25)(H,26,27). The molecule has 6 heteroatoms. The van der Waals surface area contributed by atoms with Gasteiger partial charge in [-0.25, -0.2) is 9.37 Å². The molecule has 0 unspecified atom stereocenters. The normalized spacial score (nSPS) is 10.4. The van der Waals surface area contributed by atoms with Crippen LogP contribution >= 0.6 is 0 Å². The summed E-state index contributed by atoms with van der Waals surface area (Å²) in [5.74, 6) is 0.867. The van der Waals surface area contributed by atoms with Crippen molar-refractivity contribution in [1.29, 1.82) is 0 Å². The number of rotatable bonds is 8. The lowest BCUT2D eigenvalue weighted by Gasteiger charge is -2.09. The zero-order valence-electron chi connectivity index (χ0n) is 15.6. The largest absolute Gasteiger partial charge is 0.494 e. The average Bonchev–Trinajstić information content (AvgIpc) is 2.71. The first-order valence-corrected chi connectivity index (χ1v) is 9.13. The molecule has 0 aliphatic rings. The number of benzene rings is 2. The summed E-state index contributed by atoms with van der Waals surface area (Å²) in [7, 11) is 0. The highest BCUT2D eigenvalue weighted by atomic mass is 19.1. The Labute approximate surface area is 163 Å². The highest BCUT2D eigenvalue weighted by molar-refractivity contribution is 6.04. The van der Waals surface area contributed by atoms with Crippen LogP contribution in [0.5, 0.6) is 5.75 Å². The van der Waals surface area contributed by atoms with Crippen LogP contribution in [0.3, 0.4) is 0 Å². The molecule has 28 heavy (non-hydrogen) atoms. The summed E-state index contributed by atoms with van der Waals surface area (Å²) in [6, 6.07) is 17.2. The summed E-state index contributed by atoms with van der Waals surface area (Å²) in [4.78, 5) is 16.7. The van der Waals surface area contributed by atoms with Crippen molar-refractivity contribution in [2.24, 2.45) is 0 Å². The van der Waals surface area contributed by atoms with Gasteiger partial charge in [-0.1, -0.05) is 18.2 Å². The SMILES string of the molecule is CCOc1ccc(NC(=O)c2ccnc(NCCc3ccccc3F)c2)cc1. The molecule has 3 rings (SSSR count). The number of anilines is 2. The van der Waals surface area contributed by atoms with Gasteiger partial charge >= 0.3 is 0 Å². The first kappa shape index (κ1) is 19.4. The van der Waals surface area contributed by atoms with Crippen molar-refractivity contribution >= 4 is 17.4 Å².